The van der Waals surface area contributed by atoms with Gasteiger partial charge in [-0.1, -0.05) is 0 Å². The fourth-order valence-electron chi connectivity index (χ4n) is 1.45. The number of nitrogens with one attached hydrogen (secondary N) is 1. The number of alkyl halides is 3. The van der Waals surface area contributed by atoms with Crippen LogP contribution in [-0.4, -0.2) is 39.5 Å². The van der Waals surface area contributed by atoms with Crippen LogP contribution in [0.3, 0.4) is 0 Å². The zero-order valence-electron chi connectivity index (χ0n) is 11.4. The minimum absolute atomic E-state index is 0.178. The van der Waals surface area contributed by atoms with Crippen LogP contribution in [0.5, 0.6) is 11.5 Å². The van der Waals surface area contributed by atoms with Gasteiger partial charge in [0.1, 0.15) is 13.2 Å². The second-order valence-corrected chi connectivity index (χ2v) is 3.95. The number of hydrogen-bond donors (Lipinski definition) is 2. The van der Waals surface area contributed by atoms with Gasteiger partial charge >= 0.3 is 6.18 Å². The predicted molar refractivity (Wildman–Crippen MR) is 69.5 cm³/mol. The fourth-order valence-corrected chi connectivity index (χ4v) is 1.45. The first-order valence-electron chi connectivity index (χ1n) is 5.72. The number of halogens is 3. The second kappa shape index (κ2) is 7.02. The molecule has 0 atom stereocenters. The van der Waals surface area contributed by atoms with Gasteiger partial charge in [-0.2, -0.15) is 13.2 Å². The minimum atomic E-state index is -4.48. The van der Waals surface area contributed by atoms with Crippen molar-refractivity contribution in [1.82, 2.24) is 0 Å². The average molecular weight is 308 g/mol. The fraction of sp³-hybridized carbons (Fsp3) is 0.417. The van der Waals surface area contributed by atoms with Crippen LogP contribution in [-0.2, 0) is 9.53 Å². The molecule has 0 bridgehead atoms. The van der Waals surface area contributed by atoms with Gasteiger partial charge in [-0.25, -0.2) is 0 Å². The van der Waals surface area contributed by atoms with E-state index in [0.717, 1.165) is 0 Å². The number of nitrogens with two attached hydrogens (primary N) is 1. The van der Waals surface area contributed by atoms with Gasteiger partial charge in [-0.15, -0.1) is 0 Å². The van der Waals surface area contributed by atoms with Crippen molar-refractivity contribution in [2.45, 2.75) is 6.18 Å². The lowest BCUT2D eigenvalue weighted by Gasteiger charge is -2.13. The Labute approximate surface area is 119 Å². The molecule has 1 rings (SSSR count). The largest absolute Gasteiger partial charge is 0.493 e. The van der Waals surface area contributed by atoms with Crippen molar-refractivity contribution in [1.29, 1.82) is 0 Å². The Hall–Kier alpha value is -2.16. The maximum atomic E-state index is 11.9. The van der Waals surface area contributed by atoms with Gasteiger partial charge in [0.05, 0.1) is 25.6 Å². The van der Waals surface area contributed by atoms with Gasteiger partial charge in [0, 0.05) is 12.1 Å². The van der Waals surface area contributed by atoms with Gasteiger partial charge in [0.25, 0.3) is 0 Å². The molecule has 0 heterocycles. The smallest absolute Gasteiger partial charge is 0.411 e. The van der Waals surface area contributed by atoms with Crippen LogP contribution in [0, 0.1) is 0 Å². The molecule has 3 N–H and O–H groups in total. The number of amides is 1. The summed E-state index contributed by atoms with van der Waals surface area (Å²) < 4.78 is 49.9. The normalized spacial score (nSPS) is 11.1. The highest BCUT2D eigenvalue weighted by Crippen LogP contribution is 2.34. The Kier molecular flexibility index (Phi) is 5.65. The molecular weight excluding hydrogens is 293 g/mol. The third-order valence-electron chi connectivity index (χ3n) is 2.33. The first kappa shape index (κ1) is 16.9. The molecule has 1 aromatic rings. The average Bonchev–Trinajstić information content (AvgIpc) is 2.39. The molecule has 0 spiro atoms. The van der Waals surface area contributed by atoms with Crippen LogP contribution in [0.1, 0.15) is 0 Å². The highest BCUT2D eigenvalue weighted by atomic mass is 19.4. The molecule has 118 valence electrons. The minimum Gasteiger partial charge on any atom is -0.493 e. The Morgan fingerprint density at radius 1 is 1.24 bits per heavy atom. The van der Waals surface area contributed by atoms with E-state index in [1.165, 1.54) is 26.4 Å². The van der Waals surface area contributed by atoms with E-state index < -0.39 is 25.3 Å². The SMILES string of the molecule is COc1cc(N)c(NC(=O)COCC(F)(F)F)cc1OC. The van der Waals surface area contributed by atoms with Crippen molar-refractivity contribution in [2.75, 3.05) is 38.5 Å². The molecule has 0 aliphatic carbocycles. The van der Waals surface area contributed by atoms with E-state index in [0.29, 0.717) is 11.5 Å². The number of rotatable bonds is 6. The molecule has 1 amide bonds. The van der Waals surface area contributed by atoms with Crippen LogP contribution < -0.4 is 20.5 Å². The van der Waals surface area contributed by atoms with E-state index in [4.69, 9.17) is 15.2 Å². The first-order valence-corrected chi connectivity index (χ1v) is 5.72. The van der Waals surface area contributed by atoms with E-state index in [2.05, 4.69) is 10.1 Å². The lowest BCUT2D eigenvalue weighted by molar-refractivity contribution is -0.174. The van der Waals surface area contributed by atoms with Crippen molar-refractivity contribution >= 4 is 17.3 Å². The topological polar surface area (TPSA) is 82.8 Å². The summed E-state index contributed by atoms with van der Waals surface area (Å²) in [7, 11) is 2.81. The summed E-state index contributed by atoms with van der Waals surface area (Å²) in [4.78, 5) is 11.5. The standard InChI is InChI=1S/C12H15F3N2O4/c1-19-9-3-7(16)8(4-10(9)20-2)17-11(18)5-21-6-12(13,14)15/h3-4H,5-6,16H2,1-2H3,(H,17,18). The third kappa shape index (κ3) is 5.38. The summed E-state index contributed by atoms with van der Waals surface area (Å²) in [6, 6.07) is 2.82. The maximum absolute atomic E-state index is 11.9. The van der Waals surface area contributed by atoms with Gasteiger partial charge in [0.2, 0.25) is 5.91 Å². The molecule has 0 aliphatic rings. The van der Waals surface area contributed by atoms with Crippen molar-refractivity contribution in [2.24, 2.45) is 0 Å². The van der Waals surface area contributed by atoms with Crippen LogP contribution >= 0.6 is 0 Å². The monoisotopic (exact) mass is 308 g/mol. The number of nitrogen functional groups attached to an aromatic ring is 1. The second-order valence-electron chi connectivity index (χ2n) is 3.95. The number of carbonyl (C=O) groups excluding carboxylic acids is 1. The molecule has 0 unspecified atom stereocenters. The van der Waals surface area contributed by atoms with E-state index in [9.17, 15) is 18.0 Å². The molecule has 1 aromatic carbocycles. The number of methoxy groups -OCH3 is 2. The highest BCUT2D eigenvalue weighted by molar-refractivity contribution is 5.95. The van der Waals surface area contributed by atoms with E-state index in [1.54, 1.807) is 0 Å². The number of hydrogen-bond acceptors (Lipinski definition) is 5. The van der Waals surface area contributed by atoms with Crippen LogP contribution in [0.15, 0.2) is 12.1 Å². The molecule has 0 radical (unpaired) electrons. The number of benzene rings is 1. The van der Waals surface area contributed by atoms with Crippen molar-refractivity contribution < 1.29 is 32.2 Å². The number of carbonyl (C=O) groups is 1. The Morgan fingerprint density at radius 3 is 2.33 bits per heavy atom. The van der Waals surface area contributed by atoms with Crippen LogP contribution in [0.4, 0.5) is 24.5 Å². The van der Waals surface area contributed by atoms with Crippen molar-refractivity contribution in [3.8, 4) is 11.5 Å². The van der Waals surface area contributed by atoms with Crippen molar-refractivity contribution in [3.05, 3.63) is 12.1 Å². The van der Waals surface area contributed by atoms with Gasteiger partial charge < -0.3 is 25.3 Å². The lowest BCUT2D eigenvalue weighted by atomic mass is 10.2. The quantitative estimate of drug-likeness (QED) is 0.783. The zero-order valence-corrected chi connectivity index (χ0v) is 11.4. The van der Waals surface area contributed by atoms with Gasteiger partial charge in [-0.3, -0.25) is 4.79 Å². The third-order valence-corrected chi connectivity index (χ3v) is 2.33. The molecule has 0 saturated carbocycles. The summed E-state index contributed by atoms with van der Waals surface area (Å²) in [5, 5.41) is 2.33. The van der Waals surface area contributed by atoms with Crippen LogP contribution in [0.25, 0.3) is 0 Å². The predicted octanol–water partition coefficient (Wildman–Crippen LogP) is 1.80. The molecule has 9 heteroatoms. The summed E-state index contributed by atoms with van der Waals surface area (Å²) in [6.07, 6.45) is -4.48. The number of anilines is 2. The highest BCUT2D eigenvalue weighted by Gasteiger charge is 2.27. The maximum Gasteiger partial charge on any atom is 0.411 e. The molecule has 6 nitrogen and oxygen atoms in total. The Morgan fingerprint density at radius 2 is 1.81 bits per heavy atom. The summed E-state index contributed by atoms with van der Waals surface area (Å²) in [6.45, 7) is -2.24. The summed E-state index contributed by atoms with van der Waals surface area (Å²) >= 11 is 0. The Bertz CT molecular complexity index is 506. The van der Waals surface area contributed by atoms with Crippen molar-refractivity contribution in [3.63, 3.8) is 0 Å². The van der Waals surface area contributed by atoms with E-state index in [1.807, 2.05) is 0 Å². The number of ether oxygens (including phenoxy) is 3. The van der Waals surface area contributed by atoms with Gasteiger partial charge in [-0.05, 0) is 0 Å². The van der Waals surface area contributed by atoms with Gasteiger partial charge in [0.15, 0.2) is 11.5 Å². The van der Waals surface area contributed by atoms with E-state index in [-0.39, 0.29) is 11.4 Å². The first-order chi connectivity index (χ1) is 9.76. The van der Waals surface area contributed by atoms with E-state index >= 15 is 0 Å². The lowest BCUT2D eigenvalue weighted by Crippen LogP contribution is -2.24. The molecule has 0 aliphatic heterocycles. The molecular formula is C12H15F3N2O4. The molecule has 0 aromatic heterocycles. The Balaban J connectivity index is 2.68. The molecule has 0 saturated heterocycles. The molecule has 0 fully saturated rings. The summed E-state index contributed by atoms with van der Waals surface area (Å²) in [5.41, 5.74) is 6.06. The summed E-state index contributed by atoms with van der Waals surface area (Å²) in [5.74, 6) is -0.0855. The van der Waals surface area contributed by atoms with Crippen LogP contribution in [0.2, 0.25) is 0 Å². The zero-order chi connectivity index (χ0) is 16.0. The molecule has 21 heavy (non-hydrogen) atoms.